The molecule has 1 saturated heterocycles. The maximum absolute atomic E-state index is 12.2. The Labute approximate surface area is 206 Å². The van der Waals surface area contributed by atoms with Gasteiger partial charge in [0.15, 0.2) is 0 Å². The summed E-state index contributed by atoms with van der Waals surface area (Å²) >= 11 is 6.89. The van der Waals surface area contributed by atoms with Crippen LogP contribution in [-0.2, 0) is 20.9 Å². The average Bonchev–Trinajstić information content (AvgIpc) is 3.33. The van der Waals surface area contributed by atoms with Crippen molar-refractivity contribution in [2.24, 2.45) is 0 Å². The molecule has 2 aromatic carbocycles. The highest BCUT2D eigenvalue weighted by atomic mass is 35.5. The molecule has 0 spiro atoms. The van der Waals surface area contributed by atoms with Crippen molar-refractivity contribution >= 4 is 23.3 Å². The normalized spacial score (nSPS) is 18.1. The molecule has 0 atom stereocenters. The van der Waals surface area contributed by atoms with Gasteiger partial charge in [-0.2, -0.15) is 0 Å². The zero-order chi connectivity index (χ0) is 24.3. The van der Waals surface area contributed by atoms with Crippen LogP contribution >= 0.6 is 11.6 Å². The smallest absolute Gasteiger partial charge is 0.329 e. The summed E-state index contributed by atoms with van der Waals surface area (Å²) < 4.78 is 17.3. The Bertz CT molecular complexity index is 1040. The fourth-order valence-corrected chi connectivity index (χ4v) is 5.36. The number of hydrogen-bond acceptors (Lipinski definition) is 5. The van der Waals surface area contributed by atoms with Gasteiger partial charge in [0.25, 0.3) is 0 Å². The van der Waals surface area contributed by atoms with Crippen molar-refractivity contribution in [3.05, 3.63) is 46.0 Å². The van der Waals surface area contributed by atoms with Gasteiger partial charge in [0.05, 0.1) is 24.8 Å². The van der Waals surface area contributed by atoms with Gasteiger partial charge in [0.1, 0.15) is 11.3 Å². The monoisotopic (exact) mass is 487 g/mol. The molecule has 1 heterocycles. The number of hydrogen-bond donors (Lipinski definition) is 2. The third-order valence-corrected chi connectivity index (χ3v) is 7.51. The van der Waals surface area contributed by atoms with Gasteiger partial charge in [-0.25, -0.2) is 4.79 Å². The Morgan fingerprint density at radius 2 is 1.88 bits per heavy atom. The van der Waals surface area contributed by atoms with E-state index in [1.165, 1.54) is 12.8 Å². The topological polar surface area (TPSA) is 77.0 Å². The lowest BCUT2D eigenvalue weighted by Gasteiger charge is -2.35. The summed E-state index contributed by atoms with van der Waals surface area (Å²) in [6.45, 7) is 5.32. The summed E-state index contributed by atoms with van der Waals surface area (Å²) in [5.41, 5.74) is 4.59. The van der Waals surface area contributed by atoms with Gasteiger partial charge in [0.2, 0.25) is 0 Å². The average molecular weight is 488 g/mol. The van der Waals surface area contributed by atoms with Gasteiger partial charge in [0, 0.05) is 37.3 Å². The van der Waals surface area contributed by atoms with Crippen molar-refractivity contribution in [3.8, 4) is 16.9 Å². The molecule has 0 radical (unpaired) electrons. The number of carboxylic acid groups (broad SMARTS) is 1. The zero-order valence-electron chi connectivity index (χ0n) is 20.2. The van der Waals surface area contributed by atoms with Crippen molar-refractivity contribution in [2.75, 3.05) is 25.6 Å². The van der Waals surface area contributed by atoms with Gasteiger partial charge < -0.3 is 24.6 Å². The minimum absolute atomic E-state index is 0.249. The minimum Gasteiger partial charge on any atom is -0.496 e. The number of benzene rings is 2. The van der Waals surface area contributed by atoms with E-state index in [0.29, 0.717) is 43.4 Å². The second kappa shape index (κ2) is 10.5. The number of nitrogens with one attached hydrogen (secondary N) is 1. The van der Waals surface area contributed by atoms with E-state index in [0.717, 1.165) is 46.4 Å². The molecular formula is C27H34ClNO5. The standard InChI is InChI=1S/C27H34ClNO5/c1-17-12-19(14-24(32-3)18(17)2)25-20(16-34-22-6-4-5-7-22)13-21(15-23(25)28)29-27(26(30)31)8-10-33-11-9-27/h12-15,22,29H,4-11,16H2,1-3H3,(H,30,31). The van der Waals surface area contributed by atoms with Gasteiger partial charge >= 0.3 is 5.97 Å². The van der Waals surface area contributed by atoms with Crippen LogP contribution in [0.25, 0.3) is 11.1 Å². The second-order valence-corrected chi connectivity index (χ2v) is 9.86. The Hall–Kier alpha value is -2.28. The van der Waals surface area contributed by atoms with Crippen molar-refractivity contribution in [1.82, 2.24) is 0 Å². The summed E-state index contributed by atoms with van der Waals surface area (Å²) in [6, 6.07) is 7.92. The molecule has 2 aromatic rings. The Morgan fingerprint density at radius 1 is 1.18 bits per heavy atom. The Kier molecular flexibility index (Phi) is 7.70. The molecule has 2 fully saturated rings. The fraction of sp³-hybridized carbons (Fsp3) is 0.519. The Morgan fingerprint density at radius 3 is 2.53 bits per heavy atom. The number of aliphatic carboxylic acids is 1. The molecule has 2 aliphatic rings. The first kappa shape index (κ1) is 24.8. The molecule has 0 unspecified atom stereocenters. The molecule has 6 nitrogen and oxygen atoms in total. The summed E-state index contributed by atoms with van der Waals surface area (Å²) in [6.07, 6.45) is 5.56. The van der Waals surface area contributed by atoms with Crippen LogP contribution in [0.2, 0.25) is 5.02 Å². The molecule has 184 valence electrons. The first-order valence-electron chi connectivity index (χ1n) is 12.0. The molecule has 1 aliphatic carbocycles. The summed E-state index contributed by atoms with van der Waals surface area (Å²) in [7, 11) is 1.67. The minimum atomic E-state index is -1.07. The molecule has 34 heavy (non-hydrogen) atoms. The quantitative estimate of drug-likeness (QED) is 0.466. The summed E-state index contributed by atoms with van der Waals surface area (Å²) in [5, 5.41) is 13.8. The predicted molar refractivity (Wildman–Crippen MR) is 134 cm³/mol. The number of aryl methyl sites for hydroxylation is 1. The molecule has 0 amide bonds. The van der Waals surface area contributed by atoms with E-state index < -0.39 is 11.5 Å². The number of halogens is 1. The van der Waals surface area contributed by atoms with Crippen LogP contribution in [0.1, 0.15) is 55.2 Å². The fourth-order valence-electron chi connectivity index (χ4n) is 5.01. The molecule has 7 heteroatoms. The Balaban J connectivity index is 1.74. The van der Waals surface area contributed by atoms with E-state index in [1.54, 1.807) is 7.11 Å². The SMILES string of the molecule is COc1cc(-c2c(Cl)cc(NC3(C(=O)O)CCOCC3)cc2COC2CCCC2)cc(C)c1C. The molecule has 2 N–H and O–H groups in total. The second-order valence-electron chi connectivity index (χ2n) is 9.45. The van der Waals surface area contributed by atoms with E-state index in [1.807, 2.05) is 25.1 Å². The number of anilines is 1. The highest BCUT2D eigenvalue weighted by Crippen LogP contribution is 2.40. The molecule has 1 aliphatic heterocycles. The van der Waals surface area contributed by atoms with E-state index in [2.05, 4.69) is 18.3 Å². The lowest BCUT2D eigenvalue weighted by Crippen LogP contribution is -2.50. The van der Waals surface area contributed by atoms with Crippen molar-refractivity contribution in [1.29, 1.82) is 0 Å². The van der Waals surface area contributed by atoms with Gasteiger partial charge in [-0.05, 0) is 67.1 Å². The van der Waals surface area contributed by atoms with Crippen LogP contribution in [-0.4, -0.2) is 43.0 Å². The molecular weight excluding hydrogens is 454 g/mol. The van der Waals surface area contributed by atoms with E-state index >= 15 is 0 Å². The maximum atomic E-state index is 12.2. The molecule has 0 aromatic heterocycles. The number of rotatable bonds is 8. The van der Waals surface area contributed by atoms with Crippen molar-refractivity contribution in [2.45, 2.75) is 70.6 Å². The van der Waals surface area contributed by atoms with Gasteiger partial charge in [-0.1, -0.05) is 30.5 Å². The molecule has 0 bridgehead atoms. The number of methoxy groups -OCH3 is 1. The highest BCUT2D eigenvalue weighted by Gasteiger charge is 2.40. The van der Waals surface area contributed by atoms with E-state index in [9.17, 15) is 9.90 Å². The van der Waals surface area contributed by atoms with E-state index in [-0.39, 0.29) is 6.10 Å². The van der Waals surface area contributed by atoms with Gasteiger partial charge in [-0.3, -0.25) is 0 Å². The maximum Gasteiger partial charge on any atom is 0.329 e. The summed E-state index contributed by atoms with van der Waals surface area (Å²) in [5.74, 6) is -0.0679. The van der Waals surface area contributed by atoms with Crippen LogP contribution in [0.3, 0.4) is 0 Å². The molecule has 4 rings (SSSR count). The lowest BCUT2D eigenvalue weighted by molar-refractivity contribution is -0.145. The zero-order valence-corrected chi connectivity index (χ0v) is 21.0. The number of carbonyl (C=O) groups is 1. The van der Waals surface area contributed by atoms with Crippen LogP contribution in [0.15, 0.2) is 24.3 Å². The van der Waals surface area contributed by atoms with E-state index in [4.69, 9.17) is 25.8 Å². The van der Waals surface area contributed by atoms with Crippen molar-refractivity contribution in [3.63, 3.8) is 0 Å². The summed E-state index contributed by atoms with van der Waals surface area (Å²) in [4.78, 5) is 12.2. The number of ether oxygens (including phenoxy) is 3. The predicted octanol–water partition coefficient (Wildman–Crippen LogP) is 6.14. The highest BCUT2D eigenvalue weighted by molar-refractivity contribution is 6.33. The molecule has 1 saturated carbocycles. The third kappa shape index (κ3) is 5.19. The first-order chi connectivity index (χ1) is 16.3. The van der Waals surface area contributed by atoms with Crippen LogP contribution in [0, 0.1) is 13.8 Å². The largest absolute Gasteiger partial charge is 0.496 e. The van der Waals surface area contributed by atoms with Crippen LogP contribution in [0.4, 0.5) is 5.69 Å². The third-order valence-electron chi connectivity index (χ3n) is 7.22. The first-order valence-corrected chi connectivity index (χ1v) is 12.4. The van der Waals surface area contributed by atoms with Crippen LogP contribution in [0.5, 0.6) is 5.75 Å². The number of carboxylic acids is 1. The van der Waals surface area contributed by atoms with Crippen LogP contribution < -0.4 is 10.1 Å². The van der Waals surface area contributed by atoms with Gasteiger partial charge in [-0.15, -0.1) is 0 Å². The van der Waals surface area contributed by atoms with Crippen molar-refractivity contribution < 1.29 is 24.1 Å². The lowest BCUT2D eigenvalue weighted by atomic mass is 9.89.